The van der Waals surface area contributed by atoms with Gasteiger partial charge in [0.05, 0.1) is 0 Å². The number of benzene rings is 3. The number of hydrogen-bond acceptors (Lipinski definition) is 4. The molecule has 3 rings (SSSR count). The third-order valence-corrected chi connectivity index (χ3v) is 6.22. The van der Waals surface area contributed by atoms with Gasteiger partial charge in [0.15, 0.2) is 0 Å². The average molecular weight is 441 g/mol. The number of aldehydes is 1. The predicted molar refractivity (Wildman–Crippen MR) is 133 cm³/mol. The van der Waals surface area contributed by atoms with Crippen LogP contribution in [0.1, 0.15) is 49.9 Å². The number of anilines is 1. The van der Waals surface area contributed by atoms with Crippen LogP contribution in [0.5, 0.6) is 0 Å². The summed E-state index contributed by atoms with van der Waals surface area (Å²) < 4.78 is 0. The van der Waals surface area contributed by atoms with Crippen LogP contribution in [0.4, 0.5) is 11.4 Å². The number of carbonyl (C=O) groups is 2. The molecule has 0 heterocycles. The van der Waals surface area contributed by atoms with Crippen LogP contribution >= 0.6 is 0 Å². The largest absolute Gasteiger partial charge is 0.323 e. The zero-order valence-corrected chi connectivity index (χ0v) is 19.3. The van der Waals surface area contributed by atoms with Gasteiger partial charge in [-0.2, -0.15) is 0 Å². The van der Waals surface area contributed by atoms with Crippen LogP contribution in [-0.2, 0) is 20.4 Å². The first kappa shape index (κ1) is 23.8. The standard InChI is InChI=1S/C28H28N2O3/c1-27(2,22-11-15-24(16-12-22)29-26(32)6-5-19-31)20-7-9-21(10-8-20)28(3,4)23-13-17-25(30-33)18-14-23/h5-19H,1-4H3,(H,29,32)/b6-5-. The highest BCUT2D eigenvalue weighted by Crippen LogP contribution is 2.36. The Labute approximate surface area is 194 Å². The van der Waals surface area contributed by atoms with Gasteiger partial charge in [0, 0.05) is 22.6 Å². The van der Waals surface area contributed by atoms with Gasteiger partial charge in [-0.15, -0.1) is 4.91 Å². The van der Waals surface area contributed by atoms with Crippen LogP contribution in [0.25, 0.3) is 0 Å². The third kappa shape index (κ3) is 5.32. The summed E-state index contributed by atoms with van der Waals surface area (Å²) in [5.74, 6) is -0.343. The Balaban J connectivity index is 1.80. The maximum Gasteiger partial charge on any atom is 0.248 e. The molecule has 0 aliphatic heterocycles. The third-order valence-electron chi connectivity index (χ3n) is 6.22. The molecule has 168 valence electrons. The number of allylic oxidation sites excluding steroid dienone is 1. The molecule has 5 nitrogen and oxygen atoms in total. The minimum absolute atomic E-state index is 0.220. The van der Waals surface area contributed by atoms with Crippen LogP contribution in [-0.4, -0.2) is 12.2 Å². The first-order valence-electron chi connectivity index (χ1n) is 10.8. The number of carbonyl (C=O) groups excluding carboxylic acids is 2. The van der Waals surface area contributed by atoms with Gasteiger partial charge in [0.1, 0.15) is 12.0 Å². The second-order valence-corrected chi connectivity index (χ2v) is 9.03. The van der Waals surface area contributed by atoms with Crippen molar-refractivity contribution in [3.8, 4) is 0 Å². The Morgan fingerprint density at radius 2 is 1.12 bits per heavy atom. The Morgan fingerprint density at radius 3 is 1.52 bits per heavy atom. The van der Waals surface area contributed by atoms with Crippen molar-refractivity contribution in [3.63, 3.8) is 0 Å². The van der Waals surface area contributed by atoms with E-state index in [9.17, 15) is 14.5 Å². The highest BCUT2D eigenvalue weighted by Gasteiger charge is 2.26. The van der Waals surface area contributed by atoms with E-state index in [1.54, 1.807) is 12.1 Å². The molecule has 0 aliphatic carbocycles. The molecule has 1 N–H and O–H groups in total. The van der Waals surface area contributed by atoms with E-state index >= 15 is 0 Å². The summed E-state index contributed by atoms with van der Waals surface area (Å²) >= 11 is 0. The fourth-order valence-corrected chi connectivity index (χ4v) is 3.86. The maximum absolute atomic E-state index is 11.7. The van der Waals surface area contributed by atoms with E-state index in [4.69, 9.17) is 0 Å². The van der Waals surface area contributed by atoms with Gasteiger partial charge in [-0.1, -0.05) is 76.2 Å². The van der Waals surface area contributed by atoms with Crippen molar-refractivity contribution >= 4 is 23.6 Å². The summed E-state index contributed by atoms with van der Waals surface area (Å²) in [5.41, 5.74) is 5.22. The Bertz CT molecular complexity index is 1160. The minimum Gasteiger partial charge on any atom is -0.323 e. The smallest absolute Gasteiger partial charge is 0.248 e. The molecule has 1 amide bonds. The molecule has 0 saturated carbocycles. The molecular formula is C28H28N2O3. The van der Waals surface area contributed by atoms with E-state index in [0.29, 0.717) is 17.7 Å². The lowest BCUT2D eigenvalue weighted by Gasteiger charge is -2.29. The second-order valence-electron chi connectivity index (χ2n) is 9.03. The molecule has 0 unspecified atom stereocenters. The van der Waals surface area contributed by atoms with Gasteiger partial charge in [0.2, 0.25) is 5.91 Å². The molecule has 0 fully saturated rings. The van der Waals surface area contributed by atoms with Crippen molar-refractivity contribution in [1.82, 2.24) is 0 Å². The summed E-state index contributed by atoms with van der Waals surface area (Å²) in [6.45, 7) is 8.65. The molecule has 0 bridgehead atoms. The van der Waals surface area contributed by atoms with Crippen LogP contribution in [0.15, 0.2) is 90.1 Å². The molecule has 0 aliphatic rings. The Morgan fingerprint density at radius 1 is 0.727 bits per heavy atom. The number of hydrogen-bond donors (Lipinski definition) is 1. The predicted octanol–water partition coefficient (Wildman–Crippen LogP) is 6.43. The van der Waals surface area contributed by atoms with Crippen LogP contribution in [0, 0.1) is 4.91 Å². The number of nitrogens with zero attached hydrogens (tertiary/aromatic N) is 1. The zero-order chi connectivity index (χ0) is 24.1. The molecule has 0 aromatic heterocycles. The summed E-state index contributed by atoms with van der Waals surface area (Å²) in [6.07, 6.45) is 2.93. The van der Waals surface area contributed by atoms with Crippen molar-refractivity contribution in [2.75, 3.05) is 5.32 Å². The molecule has 0 spiro atoms. The first-order chi connectivity index (χ1) is 15.7. The van der Waals surface area contributed by atoms with E-state index < -0.39 is 0 Å². The second kappa shape index (κ2) is 9.74. The van der Waals surface area contributed by atoms with Crippen molar-refractivity contribution in [1.29, 1.82) is 0 Å². The minimum atomic E-state index is -0.343. The fourth-order valence-electron chi connectivity index (χ4n) is 3.86. The lowest BCUT2D eigenvalue weighted by Crippen LogP contribution is -2.21. The first-order valence-corrected chi connectivity index (χ1v) is 10.8. The molecule has 3 aromatic carbocycles. The van der Waals surface area contributed by atoms with Crippen molar-refractivity contribution in [3.05, 3.63) is 112 Å². The number of rotatable bonds is 8. The average Bonchev–Trinajstić information content (AvgIpc) is 2.83. The molecule has 0 radical (unpaired) electrons. The highest BCUT2D eigenvalue weighted by atomic mass is 16.3. The van der Waals surface area contributed by atoms with Crippen LogP contribution in [0.3, 0.4) is 0 Å². The summed E-state index contributed by atoms with van der Waals surface area (Å²) in [7, 11) is 0. The molecule has 33 heavy (non-hydrogen) atoms. The van der Waals surface area contributed by atoms with Crippen LogP contribution < -0.4 is 5.32 Å². The van der Waals surface area contributed by atoms with Crippen molar-refractivity contribution in [2.24, 2.45) is 5.18 Å². The summed E-state index contributed by atoms with van der Waals surface area (Å²) in [6, 6.07) is 23.7. The van der Waals surface area contributed by atoms with Crippen molar-refractivity contribution < 1.29 is 9.59 Å². The van der Waals surface area contributed by atoms with Gasteiger partial charge < -0.3 is 5.32 Å². The van der Waals surface area contributed by atoms with Gasteiger partial charge in [-0.3, -0.25) is 9.59 Å². The fraction of sp³-hybridized carbons (Fsp3) is 0.214. The maximum atomic E-state index is 11.7. The van der Waals surface area contributed by atoms with Gasteiger partial charge in [-0.25, -0.2) is 0 Å². The van der Waals surface area contributed by atoms with E-state index in [0.717, 1.165) is 17.2 Å². The number of amides is 1. The lowest BCUT2D eigenvalue weighted by molar-refractivity contribution is -0.112. The van der Waals surface area contributed by atoms with Gasteiger partial charge in [0.25, 0.3) is 0 Å². The molecule has 0 saturated heterocycles. The van der Waals surface area contributed by atoms with Crippen LogP contribution in [0.2, 0.25) is 0 Å². The van der Waals surface area contributed by atoms with E-state index in [-0.39, 0.29) is 16.7 Å². The quantitative estimate of drug-likeness (QED) is 0.249. The number of nitrogens with one attached hydrogen (secondary N) is 1. The Hall–Kier alpha value is -3.86. The normalized spacial score (nSPS) is 11.9. The lowest BCUT2D eigenvalue weighted by atomic mass is 9.74. The molecule has 5 heteroatoms. The topological polar surface area (TPSA) is 75.6 Å². The summed E-state index contributed by atoms with van der Waals surface area (Å²) in [4.78, 5) is 32.8. The molecular weight excluding hydrogens is 412 g/mol. The van der Waals surface area contributed by atoms with E-state index in [2.05, 4.69) is 62.5 Å². The van der Waals surface area contributed by atoms with Crippen molar-refractivity contribution in [2.45, 2.75) is 38.5 Å². The zero-order valence-electron chi connectivity index (χ0n) is 19.3. The van der Waals surface area contributed by atoms with Gasteiger partial charge >= 0.3 is 0 Å². The monoisotopic (exact) mass is 440 g/mol. The van der Waals surface area contributed by atoms with E-state index in [1.165, 1.54) is 17.2 Å². The molecule has 0 atom stereocenters. The molecule has 3 aromatic rings. The van der Waals surface area contributed by atoms with Gasteiger partial charge in [-0.05, 0) is 57.8 Å². The Kier molecular flexibility index (Phi) is 7.02. The van der Waals surface area contributed by atoms with E-state index in [1.807, 2.05) is 36.4 Å². The number of nitroso groups, excluding NO2 is 1. The SMILES string of the molecule is CC(C)(c1ccc(N=O)cc1)c1ccc(C(C)(C)c2ccc(NC(=O)/C=C\C=O)cc2)cc1. The highest BCUT2D eigenvalue weighted by molar-refractivity contribution is 6.01. The summed E-state index contributed by atoms with van der Waals surface area (Å²) in [5, 5.41) is 5.71.